The van der Waals surface area contributed by atoms with Crippen LogP contribution in [0.3, 0.4) is 0 Å². The van der Waals surface area contributed by atoms with Gasteiger partial charge in [0.15, 0.2) is 5.96 Å². The van der Waals surface area contributed by atoms with Gasteiger partial charge in [-0.25, -0.2) is 0 Å². The van der Waals surface area contributed by atoms with Crippen molar-refractivity contribution in [1.82, 2.24) is 0 Å². The minimum atomic E-state index is 0.427. The maximum atomic E-state index is 5.93. The summed E-state index contributed by atoms with van der Waals surface area (Å²) in [6, 6.07) is 15.8. The molecule has 0 spiro atoms. The van der Waals surface area contributed by atoms with E-state index in [0.29, 0.717) is 12.5 Å². The predicted octanol–water partition coefficient (Wildman–Crippen LogP) is 3.62. The Balaban J connectivity index is 1.86. The third-order valence-corrected chi connectivity index (χ3v) is 3.13. The largest absolute Gasteiger partial charge is 0.370 e. The third kappa shape index (κ3) is 4.59. The SMILES string of the molecule is Cc1ccc(NC(N)=NCCc2cccc(Cl)c2)cc1. The molecule has 0 radical (unpaired) electrons. The molecule has 0 aliphatic heterocycles. The van der Waals surface area contributed by atoms with E-state index >= 15 is 0 Å². The molecule has 4 heteroatoms. The number of aliphatic imine (C=N–C) groups is 1. The average Bonchev–Trinajstić information content (AvgIpc) is 2.41. The van der Waals surface area contributed by atoms with E-state index in [2.05, 4.69) is 10.3 Å². The summed E-state index contributed by atoms with van der Waals surface area (Å²) < 4.78 is 0. The Labute approximate surface area is 124 Å². The van der Waals surface area contributed by atoms with Crippen molar-refractivity contribution < 1.29 is 0 Å². The molecule has 0 fully saturated rings. The van der Waals surface area contributed by atoms with E-state index in [1.54, 1.807) is 0 Å². The van der Waals surface area contributed by atoms with Crippen LogP contribution in [0.5, 0.6) is 0 Å². The van der Waals surface area contributed by atoms with Crippen molar-refractivity contribution in [2.75, 3.05) is 11.9 Å². The lowest BCUT2D eigenvalue weighted by atomic mass is 10.1. The number of anilines is 1. The molecule has 0 bridgehead atoms. The van der Waals surface area contributed by atoms with Crippen molar-refractivity contribution in [2.24, 2.45) is 10.7 Å². The quantitative estimate of drug-likeness (QED) is 0.666. The fourth-order valence-corrected chi connectivity index (χ4v) is 2.04. The molecule has 0 heterocycles. The number of halogens is 1. The van der Waals surface area contributed by atoms with Gasteiger partial charge in [-0.3, -0.25) is 4.99 Å². The van der Waals surface area contributed by atoms with Gasteiger partial charge in [-0.1, -0.05) is 41.4 Å². The van der Waals surface area contributed by atoms with Crippen LogP contribution in [0.2, 0.25) is 5.02 Å². The summed E-state index contributed by atoms with van der Waals surface area (Å²) >= 11 is 5.93. The second-order valence-electron chi connectivity index (χ2n) is 4.64. The Morgan fingerprint density at radius 3 is 2.65 bits per heavy atom. The number of guanidine groups is 1. The highest BCUT2D eigenvalue weighted by Gasteiger charge is 1.96. The summed E-state index contributed by atoms with van der Waals surface area (Å²) in [5, 5.41) is 3.82. The Morgan fingerprint density at radius 1 is 1.20 bits per heavy atom. The summed E-state index contributed by atoms with van der Waals surface area (Å²) in [6.45, 7) is 2.68. The Hall–Kier alpha value is -2.00. The highest BCUT2D eigenvalue weighted by Crippen LogP contribution is 2.11. The standard InChI is InChI=1S/C16H18ClN3/c1-12-5-7-15(8-6-12)20-16(18)19-10-9-13-3-2-4-14(17)11-13/h2-8,11H,9-10H2,1H3,(H3,18,19,20). The Kier molecular flexibility index (Phi) is 5.02. The van der Waals surface area contributed by atoms with Crippen LogP contribution >= 0.6 is 11.6 Å². The highest BCUT2D eigenvalue weighted by atomic mass is 35.5. The van der Waals surface area contributed by atoms with Gasteiger partial charge in [0.25, 0.3) is 0 Å². The lowest BCUT2D eigenvalue weighted by molar-refractivity contribution is 0.965. The number of rotatable bonds is 4. The minimum absolute atomic E-state index is 0.427. The van der Waals surface area contributed by atoms with Gasteiger partial charge in [0.2, 0.25) is 0 Å². The van der Waals surface area contributed by atoms with Gasteiger partial charge in [0.05, 0.1) is 0 Å². The first-order valence-corrected chi connectivity index (χ1v) is 6.89. The van der Waals surface area contributed by atoms with Crippen molar-refractivity contribution >= 4 is 23.2 Å². The molecular formula is C16H18ClN3. The molecule has 104 valence electrons. The number of nitrogens with two attached hydrogens (primary N) is 1. The fraction of sp³-hybridized carbons (Fsp3) is 0.188. The van der Waals surface area contributed by atoms with Crippen LogP contribution in [-0.4, -0.2) is 12.5 Å². The van der Waals surface area contributed by atoms with Crippen molar-refractivity contribution in [3.05, 3.63) is 64.7 Å². The van der Waals surface area contributed by atoms with Crippen LogP contribution in [-0.2, 0) is 6.42 Å². The van der Waals surface area contributed by atoms with Crippen LogP contribution < -0.4 is 11.1 Å². The van der Waals surface area contributed by atoms with Crippen molar-refractivity contribution in [3.63, 3.8) is 0 Å². The molecule has 2 rings (SSSR count). The molecule has 3 nitrogen and oxygen atoms in total. The molecule has 2 aromatic rings. The van der Waals surface area contributed by atoms with Crippen molar-refractivity contribution in [2.45, 2.75) is 13.3 Å². The normalized spacial score (nSPS) is 11.4. The molecule has 0 saturated heterocycles. The topological polar surface area (TPSA) is 50.4 Å². The highest BCUT2D eigenvalue weighted by molar-refractivity contribution is 6.30. The van der Waals surface area contributed by atoms with Crippen LogP contribution in [0, 0.1) is 6.92 Å². The van der Waals surface area contributed by atoms with E-state index in [0.717, 1.165) is 22.7 Å². The number of aryl methyl sites for hydroxylation is 1. The summed E-state index contributed by atoms with van der Waals surface area (Å²) in [7, 11) is 0. The van der Waals surface area contributed by atoms with Gasteiger partial charge in [0.1, 0.15) is 0 Å². The zero-order chi connectivity index (χ0) is 14.4. The first-order chi connectivity index (χ1) is 9.63. The lowest BCUT2D eigenvalue weighted by Gasteiger charge is -2.06. The molecular weight excluding hydrogens is 270 g/mol. The zero-order valence-corrected chi connectivity index (χ0v) is 12.2. The van der Waals surface area contributed by atoms with Gasteiger partial charge in [0, 0.05) is 17.3 Å². The van der Waals surface area contributed by atoms with Crippen molar-refractivity contribution in [3.8, 4) is 0 Å². The van der Waals surface area contributed by atoms with Gasteiger partial charge in [-0.05, 0) is 43.2 Å². The molecule has 3 N–H and O–H groups in total. The number of benzene rings is 2. The number of hydrogen-bond donors (Lipinski definition) is 2. The van der Waals surface area contributed by atoms with Gasteiger partial charge >= 0.3 is 0 Å². The maximum absolute atomic E-state index is 5.93. The second-order valence-corrected chi connectivity index (χ2v) is 5.07. The van der Waals surface area contributed by atoms with Crippen molar-refractivity contribution in [1.29, 1.82) is 0 Å². The maximum Gasteiger partial charge on any atom is 0.193 e. The number of nitrogens with one attached hydrogen (secondary N) is 1. The van der Waals surface area contributed by atoms with E-state index in [4.69, 9.17) is 17.3 Å². The monoisotopic (exact) mass is 287 g/mol. The first-order valence-electron chi connectivity index (χ1n) is 6.51. The number of nitrogens with zero attached hydrogens (tertiary/aromatic N) is 1. The second kappa shape index (κ2) is 6.96. The summed E-state index contributed by atoms with van der Waals surface area (Å²) in [4.78, 5) is 4.31. The van der Waals surface area contributed by atoms with Crippen LogP contribution in [0.15, 0.2) is 53.5 Å². The summed E-state index contributed by atoms with van der Waals surface area (Å²) in [5.74, 6) is 0.427. The summed E-state index contributed by atoms with van der Waals surface area (Å²) in [5.41, 5.74) is 9.17. The molecule has 0 unspecified atom stereocenters. The van der Waals surface area contributed by atoms with E-state index in [9.17, 15) is 0 Å². The lowest BCUT2D eigenvalue weighted by Crippen LogP contribution is -2.23. The molecule has 0 amide bonds. The number of hydrogen-bond acceptors (Lipinski definition) is 1. The fourth-order valence-electron chi connectivity index (χ4n) is 1.82. The van der Waals surface area contributed by atoms with Crippen LogP contribution in [0.25, 0.3) is 0 Å². The smallest absolute Gasteiger partial charge is 0.193 e. The van der Waals surface area contributed by atoms with Gasteiger partial charge < -0.3 is 11.1 Å². The van der Waals surface area contributed by atoms with E-state index in [-0.39, 0.29) is 0 Å². The van der Waals surface area contributed by atoms with Crippen LogP contribution in [0.4, 0.5) is 5.69 Å². The predicted molar refractivity (Wildman–Crippen MR) is 86.4 cm³/mol. The zero-order valence-electron chi connectivity index (χ0n) is 11.4. The van der Waals surface area contributed by atoms with Crippen LogP contribution in [0.1, 0.15) is 11.1 Å². The first kappa shape index (κ1) is 14.4. The molecule has 0 aliphatic carbocycles. The molecule has 20 heavy (non-hydrogen) atoms. The minimum Gasteiger partial charge on any atom is -0.370 e. The van der Waals surface area contributed by atoms with Gasteiger partial charge in [-0.2, -0.15) is 0 Å². The van der Waals surface area contributed by atoms with E-state index < -0.39 is 0 Å². The van der Waals surface area contributed by atoms with E-state index in [1.807, 2.05) is 55.5 Å². The van der Waals surface area contributed by atoms with Gasteiger partial charge in [-0.15, -0.1) is 0 Å². The summed E-state index contributed by atoms with van der Waals surface area (Å²) in [6.07, 6.45) is 0.816. The molecule has 2 aromatic carbocycles. The molecule has 0 aromatic heterocycles. The molecule has 0 saturated carbocycles. The molecule has 0 aliphatic rings. The Bertz CT molecular complexity index is 591. The van der Waals surface area contributed by atoms with E-state index in [1.165, 1.54) is 5.56 Å². The third-order valence-electron chi connectivity index (χ3n) is 2.90. The average molecular weight is 288 g/mol. The Morgan fingerprint density at radius 2 is 1.95 bits per heavy atom. The molecule has 0 atom stereocenters.